The number of hydrogen-bond donors (Lipinski definition) is 2. The number of likely N-dealkylation sites (N-methyl/N-ethyl adjacent to an activating group) is 1. The fourth-order valence-electron chi connectivity index (χ4n) is 1.20. The first-order chi connectivity index (χ1) is 5.66. The van der Waals surface area contributed by atoms with Crippen molar-refractivity contribution in [2.75, 3.05) is 34.2 Å². The van der Waals surface area contributed by atoms with Crippen LogP contribution in [0.4, 0.5) is 0 Å². The summed E-state index contributed by atoms with van der Waals surface area (Å²) < 4.78 is 0. The second-order valence-electron chi connectivity index (χ2n) is 3.62. The summed E-state index contributed by atoms with van der Waals surface area (Å²) in [7, 11) is 6.15. The van der Waals surface area contributed by atoms with Gasteiger partial charge in [0.2, 0.25) is 0 Å². The molecule has 0 aromatic carbocycles. The van der Waals surface area contributed by atoms with E-state index in [1.807, 2.05) is 7.05 Å². The van der Waals surface area contributed by atoms with Gasteiger partial charge in [0, 0.05) is 12.6 Å². The maximum absolute atomic E-state index is 5.82. The minimum atomic E-state index is 0.331. The van der Waals surface area contributed by atoms with Crippen molar-refractivity contribution in [3.8, 4) is 0 Å². The molecule has 3 heteroatoms. The zero-order valence-electron chi connectivity index (χ0n) is 8.64. The van der Waals surface area contributed by atoms with Crippen LogP contribution in [0, 0.1) is 0 Å². The molecular formula is C9H23N3. The Bertz CT molecular complexity index is 93.8. The van der Waals surface area contributed by atoms with Crippen LogP contribution in [-0.2, 0) is 0 Å². The van der Waals surface area contributed by atoms with Gasteiger partial charge in [-0.15, -0.1) is 0 Å². The first kappa shape index (κ1) is 11.9. The summed E-state index contributed by atoms with van der Waals surface area (Å²) in [5, 5.41) is 3.08. The summed E-state index contributed by atoms with van der Waals surface area (Å²) in [5.74, 6) is 0. The summed E-state index contributed by atoms with van der Waals surface area (Å²) in [4.78, 5) is 2.21. The normalized spacial score (nSPS) is 13.8. The average molecular weight is 173 g/mol. The molecule has 0 spiro atoms. The molecule has 1 unspecified atom stereocenters. The van der Waals surface area contributed by atoms with Crippen LogP contribution in [0.25, 0.3) is 0 Å². The van der Waals surface area contributed by atoms with E-state index in [0.29, 0.717) is 6.04 Å². The highest BCUT2D eigenvalue weighted by molar-refractivity contribution is 4.63. The Balaban J connectivity index is 3.08. The van der Waals surface area contributed by atoms with Gasteiger partial charge in [-0.2, -0.15) is 0 Å². The lowest BCUT2D eigenvalue weighted by Crippen LogP contribution is -2.31. The number of nitrogens with zero attached hydrogens (tertiary/aromatic N) is 1. The summed E-state index contributed by atoms with van der Waals surface area (Å²) in [6, 6.07) is 0.331. The standard InChI is InChI=1S/C9H23N3/c1-11-8-9(10)6-4-5-7-12(2)3/h9,11H,4-8,10H2,1-3H3. The highest BCUT2D eigenvalue weighted by atomic mass is 15.0. The highest BCUT2D eigenvalue weighted by Crippen LogP contribution is 1.98. The van der Waals surface area contributed by atoms with Crippen LogP contribution in [0.2, 0.25) is 0 Å². The number of hydrogen-bond acceptors (Lipinski definition) is 3. The molecule has 74 valence electrons. The monoisotopic (exact) mass is 173 g/mol. The van der Waals surface area contributed by atoms with Gasteiger partial charge in [-0.3, -0.25) is 0 Å². The molecule has 0 aromatic heterocycles. The maximum atomic E-state index is 5.82. The molecule has 3 nitrogen and oxygen atoms in total. The van der Waals surface area contributed by atoms with Crippen molar-refractivity contribution >= 4 is 0 Å². The van der Waals surface area contributed by atoms with Gasteiger partial charge in [0.1, 0.15) is 0 Å². The molecule has 0 fully saturated rings. The van der Waals surface area contributed by atoms with Gasteiger partial charge in [-0.25, -0.2) is 0 Å². The molecule has 0 amide bonds. The van der Waals surface area contributed by atoms with Crippen molar-refractivity contribution in [1.29, 1.82) is 0 Å². The molecule has 0 bridgehead atoms. The number of rotatable bonds is 7. The van der Waals surface area contributed by atoms with E-state index >= 15 is 0 Å². The number of nitrogens with two attached hydrogens (primary N) is 1. The minimum Gasteiger partial charge on any atom is -0.327 e. The van der Waals surface area contributed by atoms with Gasteiger partial charge in [0.25, 0.3) is 0 Å². The first-order valence-corrected chi connectivity index (χ1v) is 4.71. The smallest absolute Gasteiger partial charge is 0.0165 e. The third-order valence-corrected chi connectivity index (χ3v) is 1.90. The Morgan fingerprint density at radius 3 is 2.50 bits per heavy atom. The molecule has 0 aliphatic heterocycles. The van der Waals surface area contributed by atoms with Gasteiger partial charge in [-0.1, -0.05) is 6.42 Å². The Hall–Kier alpha value is -0.120. The predicted octanol–water partition coefficient (Wildman–Crippen LogP) is 0.265. The van der Waals surface area contributed by atoms with Gasteiger partial charge in [-0.05, 0) is 40.5 Å². The summed E-state index contributed by atoms with van der Waals surface area (Å²) in [5.41, 5.74) is 5.82. The van der Waals surface area contributed by atoms with Crippen LogP contribution in [0.5, 0.6) is 0 Å². The molecular weight excluding hydrogens is 150 g/mol. The Morgan fingerprint density at radius 2 is 2.00 bits per heavy atom. The third-order valence-electron chi connectivity index (χ3n) is 1.90. The molecule has 0 saturated carbocycles. The second-order valence-corrected chi connectivity index (χ2v) is 3.62. The topological polar surface area (TPSA) is 41.3 Å². The first-order valence-electron chi connectivity index (χ1n) is 4.71. The predicted molar refractivity (Wildman–Crippen MR) is 54.3 cm³/mol. The summed E-state index contributed by atoms with van der Waals surface area (Å²) in [6.45, 7) is 2.11. The Labute approximate surface area is 76.3 Å². The van der Waals surface area contributed by atoms with E-state index in [-0.39, 0.29) is 0 Å². The van der Waals surface area contributed by atoms with E-state index in [9.17, 15) is 0 Å². The highest BCUT2D eigenvalue weighted by Gasteiger charge is 1.99. The SMILES string of the molecule is CNCC(N)CCCCN(C)C. The summed E-state index contributed by atoms with van der Waals surface area (Å²) in [6.07, 6.45) is 3.63. The van der Waals surface area contributed by atoms with Gasteiger partial charge in [0.15, 0.2) is 0 Å². The van der Waals surface area contributed by atoms with Crippen molar-refractivity contribution in [3.05, 3.63) is 0 Å². The Kier molecular flexibility index (Phi) is 7.45. The van der Waals surface area contributed by atoms with E-state index < -0.39 is 0 Å². The second kappa shape index (κ2) is 7.53. The zero-order chi connectivity index (χ0) is 9.40. The molecule has 0 aromatic rings. The van der Waals surface area contributed by atoms with Crippen LogP contribution in [0.15, 0.2) is 0 Å². The van der Waals surface area contributed by atoms with Gasteiger partial charge in [0.05, 0.1) is 0 Å². The fourth-order valence-corrected chi connectivity index (χ4v) is 1.20. The Morgan fingerprint density at radius 1 is 1.33 bits per heavy atom. The van der Waals surface area contributed by atoms with Crippen molar-refractivity contribution < 1.29 is 0 Å². The molecule has 0 radical (unpaired) electrons. The zero-order valence-corrected chi connectivity index (χ0v) is 8.64. The molecule has 0 rings (SSSR count). The van der Waals surface area contributed by atoms with Gasteiger partial charge >= 0.3 is 0 Å². The molecule has 0 heterocycles. The van der Waals surface area contributed by atoms with Crippen molar-refractivity contribution in [1.82, 2.24) is 10.2 Å². The van der Waals surface area contributed by atoms with E-state index in [4.69, 9.17) is 5.73 Å². The van der Waals surface area contributed by atoms with Crippen LogP contribution in [-0.4, -0.2) is 45.2 Å². The van der Waals surface area contributed by atoms with E-state index in [1.54, 1.807) is 0 Å². The van der Waals surface area contributed by atoms with Crippen molar-refractivity contribution in [2.24, 2.45) is 5.73 Å². The third kappa shape index (κ3) is 7.98. The lowest BCUT2D eigenvalue weighted by molar-refractivity contribution is 0.386. The van der Waals surface area contributed by atoms with Crippen molar-refractivity contribution in [2.45, 2.75) is 25.3 Å². The van der Waals surface area contributed by atoms with Crippen LogP contribution < -0.4 is 11.1 Å². The largest absolute Gasteiger partial charge is 0.327 e. The lowest BCUT2D eigenvalue weighted by atomic mass is 10.1. The van der Waals surface area contributed by atoms with Crippen LogP contribution in [0.3, 0.4) is 0 Å². The summed E-state index contributed by atoms with van der Waals surface area (Å²) >= 11 is 0. The molecule has 3 N–H and O–H groups in total. The number of unbranched alkanes of at least 4 members (excludes halogenated alkanes) is 1. The molecule has 12 heavy (non-hydrogen) atoms. The number of nitrogens with one attached hydrogen (secondary N) is 1. The fraction of sp³-hybridized carbons (Fsp3) is 1.00. The van der Waals surface area contributed by atoms with Crippen LogP contribution >= 0.6 is 0 Å². The van der Waals surface area contributed by atoms with Gasteiger partial charge < -0.3 is 16.0 Å². The van der Waals surface area contributed by atoms with E-state index in [1.165, 1.54) is 19.4 Å². The van der Waals surface area contributed by atoms with E-state index in [2.05, 4.69) is 24.3 Å². The molecule has 0 aliphatic rings. The van der Waals surface area contributed by atoms with E-state index in [0.717, 1.165) is 13.0 Å². The average Bonchev–Trinajstić information content (AvgIpc) is 1.98. The molecule has 0 saturated heterocycles. The van der Waals surface area contributed by atoms with Crippen molar-refractivity contribution in [3.63, 3.8) is 0 Å². The van der Waals surface area contributed by atoms with Crippen LogP contribution in [0.1, 0.15) is 19.3 Å². The lowest BCUT2D eigenvalue weighted by Gasteiger charge is -2.12. The minimum absolute atomic E-state index is 0.331. The molecule has 0 aliphatic carbocycles. The maximum Gasteiger partial charge on any atom is 0.0165 e. The molecule has 1 atom stereocenters. The quantitative estimate of drug-likeness (QED) is 0.543.